The van der Waals surface area contributed by atoms with Gasteiger partial charge in [0.1, 0.15) is 5.82 Å². The Morgan fingerprint density at radius 2 is 1.73 bits per heavy atom. The van der Waals surface area contributed by atoms with Crippen molar-refractivity contribution in [2.75, 3.05) is 12.3 Å². The molecule has 1 N–H and O–H groups in total. The SMILES string of the molecule is O=C(CSc1nnc(Cc2ccccc2)n1-c1ccccc1)NCCc1cccs1. The van der Waals surface area contributed by atoms with Gasteiger partial charge in [-0.1, -0.05) is 66.4 Å². The van der Waals surface area contributed by atoms with Crippen LogP contribution in [-0.2, 0) is 17.6 Å². The Kier molecular flexibility index (Phi) is 6.95. The van der Waals surface area contributed by atoms with Crippen LogP contribution in [0.15, 0.2) is 83.3 Å². The molecular weight excluding hydrogens is 412 g/mol. The molecule has 4 aromatic rings. The van der Waals surface area contributed by atoms with Crippen LogP contribution in [0.5, 0.6) is 0 Å². The van der Waals surface area contributed by atoms with Gasteiger partial charge >= 0.3 is 0 Å². The van der Waals surface area contributed by atoms with Gasteiger partial charge in [-0.15, -0.1) is 21.5 Å². The number of aromatic nitrogens is 3. The molecule has 0 fully saturated rings. The molecule has 0 saturated carbocycles. The molecule has 0 aliphatic rings. The van der Waals surface area contributed by atoms with Crippen molar-refractivity contribution in [2.24, 2.45) is 0 Å². The molecule has 1 amide bonds. The number of nitrogens with zero attached hydrogens (tertiary/aromatic N) is 3. The van der Waals surface area contributed by atoms with E-state index in [1.165, 1.54) is 22.2 Å². The lowest BCUT2D eigenvalue weighted by atomic mass is 10.1. The van der Waals surface area contributed by atoms with Crippen LogP contribution in [0, 0.1) is 0 Å². The van der Waals surface area contributed by atoms with Crippen molar-refractivity contribution >= 4 is 29.0 Å². The number of hydrogen-bond acceptors (Lipinski definition) is 5. The molecule has 30 heavy (non-hydrogen) atoms. The zero-order valence-corrected chi connectivity index (χ0v) is 18.0. The lowest BCUT2D eigenvalue weighted by Gasteiger charge is -2.10. The first kappa shape index (κ1) is 20.4. The molecule has 0 spiro atoms. The predicted molar refractivity (Wildman–Crippen MR) is 122 cm³/mol. The molecule has 5 nitrogen and oxygen atoms in total. The van der Waals surface area contributed by atoms with Gasteiger partial charge in [-0.25, -0.2) is 0 Å². The van der Waals surface area contributed by atoms with Crippen molar-refractivity contribution in [3.8, 4) is 5.69 Å². The summed E-state index contributed by atoms with van der Waals surface area (Å²) in [5.74, 6) is 1.16. The smallest absolute Gasteiger partial charge is 0.230 e. The maximum absolute atomic E-state index is 12.3. The lowest BCUT2D eigenvalue weighted by Crippen LogP contribution is -2.27. The van der Waals surface area contributed by atoms with Gasteiger partial charge in [0, 0.05) is 23.5 Å². The fraction of sp³-hybridized carbons (Fsp3) is 0.174. The van der Waals surface area contributed by atoms with Crippen molar-refractivity contribution < 1.29 is 4.79 Å². The van der Waals surface area contributed by atoms with Gasteiger partial charge in [0.05, 0.1) is 5.75 Å². The fourth-order valence-corrected chi connectivity index (χ4v) is 4.59. The Morgan fingerprint density at radius 1 is 0.967 bits per heavy atom. The van der Waals surface area contributed by atoms with E-state index >= 15 is 0 Å². The molecule has 0 atom stereocenters. The molecule has 0 radical (unpaired) electrons. The molecule has 2 heterocycles. The van der Waals surface area contributed by atoms with Crippen LogP contribution in [0.2, 0.25) is 0 Å². The second-order valence-electron chi connectivity index (χ2n) is 6.70. The molecule has 4 rings (SSSR count). The number of thiophene rings is 1. The Hall–Kier alpha value is -2.90. The van der Waals surface area contributed by atoms with E-state index in [4.69, 9.17) is 0 Å². The summed E-state index contributed by atoms with van der Waals surface area (Å²) in [6.45, 7) is 0.643. The van der Waals surface area contributed by atoms with E-state index in [-0.39, 0.29) is 5.91 Å². The summed E-state index contributed by atoms with van der Waals surface area (Å²) in [6, 6.07) is 24.4. The molecule has 0 saturated heterocycles. The molecule has 2 aromatic heterocycles. The molecule has 0 aliphatic carbocycles. The van der Waals surface area contributed by atoms with E-state index in [1.54, 1.807) is 11.3 Å². The highest BCUT2D eigenvalue weighted by Crippen LogP contribution is 2.23. The Morgan fingerprint density at radius 3 is 2.47 bits per heavy atom. The van der Waals surface area contributed by atoms with Crippen LogP contribution in [0.25, 0.3) is 5.69 Å². The highest BCUT2D eigenvalue weighted by Gasteiger charge is 2.16. The monoisotopic (exact) mass is 434 g/mol. The van der Waals surface area contributed by atoms with E-state index in [2.05, 4.69) is 39.1 Å². The van der Waals surface area contributed by atoms with E-state index in [1.807, 2.05) is 59.2 Å². The van der Waals surface area contributed by atoms with Gasteiger partial charge in [0.15, 0.2) is 5.16 Å². The molecule has 0 unspecified atom stereocenters. The number of para-hydroxylation sites is 1. The first-order chi connectivity index (χ1) is 14.8. The normalized spacial score (nSPS) is 10.8. The average molecular weight is 435 g/mol. The van der Waals surface area contributed by atoms with Crippen molar-refractivity contribution in [1.29, 1.82) is 0 Å². The van der Waals surface area contributed by atoms with Crippen LogP contribution < -0.4 is 5.32 Å². The van der Waals surface area contributed by atoms with Gasteiger partial charge in [0.25, 0.3) is 0 Å². The summed E-state index contributed by atoms with van der Waals surface area (Å²) in [4.78, 5) is 13.6. The average Bonchev–Trinajstić information content (AvgIpc) is 3.44. The van der Waals surface area contributed by atoms with Crippen LogP contribution in [0.3, 0.4) is 0 Å². The van der Waals surface area contributed by atoms with E-state index in [9.17, 15) is 4.79 Å². The standard InChI is InChI=1S/C23H22N4OS2/c28-22(24-14-13-20-12-7-15-29-20)17-30-23-26-25-21(16-18-8-3-1-4-9-18)27(23)19-10-5-2-6-11-19/h1-12,15H,13-14,16-17H2,(H,24,28). The highest BCUT2D eigenvalue weighted by atomic mass is 32.2. The van der Waals surface area contributed by atoms with Gasteiger partial charge < -0.3 is 5.32 Å². The quantitative estimate of drug-likeness (QED) is 0.398. The predicted octanol–water partition coefficient (Wildman–Crippen LogP) is 4.37. The van der Waals surface area contributed by atoms with Crippen molar-refractivity contribution in [3.05, 3.63) is 94.4 Å². The maximum Gasteiger partial charge on any atom is 0.230 e. The Balaban J connectivity index is 1.44. The third-order valence-corrected chi connectivity index (χ3v) is 6.39. The third-order valence-electron chi connectivity index (χ3n) is 4.53. The minimum atomic E-state index is 0.00350. The number of nitrogens with one attached hydrogen (secondary N) is 1. The van der Waals surface area contributed by atoms with Crippen molar-refractivity contribution in [2.45, 2.75) is 18.0 Å². The summed E-state index contributed by atoms with van der Waals surface area (Å²) < 4.78 is 2.04. The minimum absolute atomic E-state index is 0.00350. The first-order valence-electron chi connectivity index (χ1n) is 9.75. The second kappa shape index (κ2) is 10.2. The molecule has 0 aliphatic heterocycles. The zero-order valence-electron chi connectivity index (χ0n) is 16.4. The van der Waals surface area contributed by atoms with Crippen molar-refractivity contribution in [3.63, 3.8) is 0 Å². The van der Waals surface area contributed by atoms with Gasteiger partial charge in [-0.3, -0.25) is 9.36 Å². The lowest BCUT2D eigenvalue weighted by molar-refractivity contribution is -0.118. The number of benzene rings is 2. The van der Waals surface area contributed by atoms with Crippen molar-refractivity contribution in [1.82, 2.24) is 20.1 Å². The van der Waals surface area contributed by atoms with Gasteiger partial charge in [-0.05, 0) is 35.6 Å². The zero-order chi connectivity index (χ0) is 20.6. The minimum Gasteiger partial charge on any atom is -0.355 e. The fourth-order valence-electron chi connectivity index (χ4n) is 3.08. The highest BCUT2D eigenvalue weighted by molar-refractivity contribution is 7.99. The molecule has 0 bridgehead atoms. The number of carbonyl (C=O) groups excluding carboxylic acids is 1. The molecule has 2 aromatic carbocycles. The molecule has 7 heteroatoms. The number of thioether (sulfide) groups is 1. The largest absolute Gasteiger partial charge is 0.355 e. The first-order valence-corrected chi connectivity index (χ1v) is 11.6. The third kappa shape index (κ3) is 5.37. The Labute approximate surface area is 184 Å². The number of rotatable bonds is 9. The molecular formula is C23H22N4OS2. The van der Waals surface area contributed by atoms with Crippen LogP contribution in [0.4, 0.5) is 0 Å². The van der Waals surface area contributed by atoms with E-state index < -0.39 is 0 Å². The Bertz CT molecular complexity index is 1060. The molecule has 152 valence electrons. The summed E-state index contributed by atoms with van der Waals surface area (Å²) in [5.41, 5.74) is 2.17. The number of carbonyl (C=O) groups is 1. The van der Waals surface area contributed by atoms with Gasteiger partial charge in [0.2, 0.25) is 5.91 Å². The number of amides is 1. The van der Waals surface area contributed by atoms with Crippen LogP contribution in [0.1, 0.15) is 16.3 Å². The van der Waals surface area contributed by atoms with E-state index in [0.717, 1.165) is 23.1 Å². The van der Waals surface area contributed by atoms with E-state index in [0.29, 0.717) is 18.7 Å². The van der Waals surface area contributed by atoms with Crippen LogP contribution in [-0.4, -0.2) is 33.0 Å². The maximum atomic E-state index is 12.3. The van der Waals surface area contributed by atoms with Gasteiger partial charge in [-0.2, -0.15) is 0 Å². The number of hydrogen-bond donors (Lipinski definition) is 1. The summed E-state index contributed by atoms with van der Waals surface area (Å²) in [6.07, 6.45) is 1.53. The summed E-state index contributed by atoms with van der Waals surface area (Å²) >= 11 is 3.12. The summed E-state index contributed by atoms with van der Waals surface area (Å²) in [7, 11) is 0. The summed E-state index contributed by atoms with van der Waals surface area (Å²) in [5, 5.41) is 14.6. The van der Waals surface area contributed by atoms with Crippen LogP contribution >= 0.6 is 23.1 Å². The topological polar surface area (TPSA) is 59.8 Å². The second-order valence-corrected chi connectivity index (χ2v) is 8.67.